The highest BCUT2D eigenvalue weighted by Gasteiger charge is 2.84. The fourth-order valence-electron chi connectivity index (χ4n) is 4.31. The summed E-state index contributed by atoms with van der Waals surface area (Å²) < 4.78 is 59.3. The highest BCUT2D eigenvalue weighted by molar-refractivity contribution is 6.30. The molecule has 1 N–H and O–H groups in total. The van der Waals surface area contributed by atoms with Gasteiger partial charge in [0.2, 0.25) is 5.54 Å². The number of benzene rings is 3. The molecule has 3 aromatic carbocycles. The Labute approximate surface area is 204 Å². The molecule has 5 nitrogen and oxygen atoms in total. The molecule has 1 aliphatic heterocycles. The molecule has 1 heterocycles. The van der Waals surface area contributed by atoms with Gasteiger partial charge in [0.15, 0.2) is 0 Å². The van der Waals surface area contributed by atoms with Crippen molar-refractivity contribution in [1.82, 2.24) is 5.32 Å². The van der Waals surface area contributed by atoms with Gasteiger partial charge in [0.25, 0.3) is 5.67 Å². The third-order valence-corrected chi connectivity index (χ3v) is 6.35. The molecule has 1 saturated heterocycles. The molecule has 0 amide bonds. The Morgan fingerprint density at radius 2 is 1.46 bits per heavy atom. The van der Waals surface area contributed by atoms with Crippen LogP contribution in [0.25, 0.3) is 0 Å². The monoisotopic (exact) mass is 503 g/mol. The van der Waals surface area contributed by atoms with Gasteiger partial charge in [0.1, 0.15) is 6.61 Å². The SMILES string of the molecule is COC(=O)[C@]1(c2ccccc2)N[C@H](c2ccc(Cl)cc2)[C@](F)(C(=O)OCc2ccccc2)C1(F)F. The molecular weight excluding hydrogens is 483 g/mol. The molecule has 0 spiro atoms. The van der Waals surface area contributed by atoms with E-state index >= 15 is 13.2 Å². The van der Waals surface area contributed by atoms with Crippen LogP contribution in [0.1, 0.15) is 22.7 Å². The van der Waals surface area contributed by atoms with E-state index in [1.165, 1.54) is 48.5 Å². The van der Waals surface area contributed by atoms with Gasteiger partial charge in [-0.15, -0.1) is 0 Å². The summed E-state index contributed by atoms with van der Waals surface area (Å²) in [6.07, 6.45) is 0. The Bertz CT molecular complexity index is 1210. The summed E-state index contributed by atoms with van der Waals surface area (Å²) in [7, 11) is 0.911. The van der Waals surface area contributed by atoms with E-state index in [0.717, 1.165) is 7.11 Å². The van der Waals surface area contributed by atoms with Crippen molar-refractivity contribution in [2.45, 2.75) is 29.8 Å². The molecule has 1 fully saturated rings. The van der Waals surface area contributed by atoms with E-state index < -0.39 is 41.7 Å². The van der Waals surface area contributed by atoms with Gasteiger partial charge in [-0.05, 0) is 28.8 Å². The lowest BCUT2D eigenvalue weighted by atomic mass is 9.78. The summed E-state index contributed by atoms with van der Waals surface area (Å²) in [5.41, 5.74) is -6.83. The van der Waals surface area contributed by atoms with Crippen LogP contribution in [0.4, 0.5) is 13.2 Å². The van der Waals surface area contributed by atoms with Gasteiger partial charge in [0.05, 0.1) is 13.2 Å². The van der Waals surface area contributed by atoms with Gasteiger partial charge < -0.3 is 9.47 Å². The molecule has 9 heteroatoms. The van der Waals surface area contributed by atoms with Crippen molar-refractivity contribution in [3.05, 3.63) is 107 Å². The molecular formula is C26H21ClF3NO4. The van der Waals surface area contributed by atoms with E-state index in [1.807, 2.05) is 0 Å². The molecule has 0 radical (unpaired) electrons. The van der Waals surface area contributed by atoms with Crippen LogP contribution in [-0.4, -0.2) is 30.6 Å². The molecule has 0 unspecified atom stereocenters. The van der Waals surface area contributed by atoms with Crippen molar-refractivity contribution in [2.75, 3.05) is 7.11 Å². The summed E-state index contributed by atoms with van der Waals surface area (Å²) in [5.74, 6) is -7.91. The largest absolute Gasteiger partial charge is 0.467 e. The number of nitrogens with one attached hydrogen (secondary N) is 1. The topological polar surface area (TPSA) is 64.6 Å². The minimum atomic E-state index is -4.63. The number of ether oxygens (including phenoxy) is 2. The normalized spacial score (nSPS) is 25.1. The fraction of sp³-hybridized carbons (Fsp3) is 0.231. The standard InChI is InChI=1S/C26H21ClF3NO4/c1-34-23(33)25(19-10-6-3-7-11-19)26(29,30)24(28,21(31-25)18-12-14-20(27)15-13-18)22(32)35-16-17-8-4-2-5-9-17/h2-15,21,31H,16H2,1H3/t21-,24+,25+/m1/s1. The Kier molecular flexibility index (Phi) is 6.62. The summed E-state index contributed by atoms with van der Waals surface area (Å²) in [5, 5.41) is 2.70. The van der Waals surface area contributed by atoms with Crippen LogP contribution in [0.3, 0.4) is 0 Å². The van der Waals surface area contributed by atoms with Crippen LogP contribution in [0.2, 0.25) is 5.02 Å². The summed E-state index contributed by atoms with van der Waals surface area (Å²) in [6.45, 7) is -0.439. The molecule has 4 rings (SSSR count). The Morgan fingerprint density at radius 3 is 2.03 bits per heavy atom. The molecule has 1 aliphatic rings. The minimum Gasteiger partial charge on any atom is -0.467 e. The van der Waals surface area contributed by atoms with E-state index in [2.05, 4.69) is 5.32 Å². The molecule has 3 atom stereocenters. The molecule has 0 saturated carbocycles. The zero-order valence-corrected chi connectivity index (χ0v) is 19.3. The van der Waals surface area contributed by atoms with Gasteiger partial charge in [-0.3, -0.25) is 5.32 Å². The Balaban J connectivity index is 1.87. The minimum absolute atomic E-state index is 0.0325. The quantitative estimate of drug-likeness (QED) is 0.472. The van der Waals surface area contributed by atoms with Crippen molar-refractivity contribution in [1.29, 1.82) is 0 Å². The van der Waals surface area contributed by atoms with Crippen LogP contribution in [-0.2, 0) is 31.2 Å². The smallest absolute Gasteiger partial charge is 0.352 e. The lowest BCUT2D eigenvalue weighted by Crippen LogP contribution is -2.62. The van der Waals surface area contributed by atoms with Gasteiger partial charge >= 0.3 is 17.9 Å². The fourth-order valence-corrected chi connectivity index (χ4v) is 4.44. The average molecular weight is 504 g/mol. The average Bonchev–Trinajstić information content (AvgIpc) is 3.08. The number of halogens is 4. The Morgan fingerprint density at radius 1 is 0.886 bits per heavy atom. The maximum atomic E-state index is 16.8. The maximum Gasteiger partial charge on any atom is 0.352 e. The van der Waals surface area contributed by atoms with Crippen molar-refractivity contribution in [3.8, 4) is 0 Å². The first-order chi connectivity index (χ1) is 16.7. The first-order valence-electron chi connectivity index (χ1n) is 10.6. The van der Waals surface area contributed by atoms with Gasteiger partial charge in [-0.25, -0.2) is 14.0 Å². The summed E-state index contributed by atoms with van der Waals surface area (Å²) >= 11 is 5.92. The van der Waals surface area contributed by atoms with Crippen LogP contribution in [0, 0.1) is 0 Å². The highest BCUT2D eigenvalue weighted by Crippen LogP contribution is 2.59. The van der Waals surface area contributed by atoms with E-state index in [4.69, 9.17) is 21.1 Å². The summed E-state index contributed by atoms with van der Waals surface area (Å²) in [4.78, 5) is 26.1. The van der Waals surface area contributed by atoms with E-state index in [0.29, 0.717) is 5.56 Å². The number of carbonyl (C=O) groups is 2. The second-order valence-corrected chi connectivity index (χ2v) is 8.52. The van der Waals surface area contributed by atoms with Crippen molar-refractivity contribution in [2.24, 2.45) is 0 Å². The number of carbonyl (C=O) groups excluding carboxylic acids is 2. The Hall–Kier alpha value is -3.36. The highest BCUT2D eigenvalue weighted by atomic mass is 35.5. The molecule has 35 heavy (non-hydrogen) atoms. The number of esters is 2. The first kappa shape index (κ1) is 24.8. The number of hydrogen-bond donors (Lipinski definition) is 1. The van der Waals surface area contributed by atoms with Crippen molar-refractivity contribution < 1.29 is 32.2 Å². The summed E-state index contributed by atoms with van der Waals surface area (Å²) in [6, 6.07) is 18.5. The molecule has 0 aromatic heterocycles. The zero-order valence-electron chi connectivity index (χ0n) is 18.5. The van der Waals surface area contributed by atoms with Gasteiger partial charge in [-0.2, -0.15) is 8.78 Å². The second-order valence-electron chi connectivity index (χ2n) is 8.08. The second kappa shape index (κ2) is 9.36. The molecule has 0 aliphatic carbocycles. The predicted molar refractivity (Wildman–Crippen MR) is 122 cm³/mol. The number of hydrogen-bond acceptors (Lipinski definition) is 5. The van der Waals surface area contributed by atoms with Crippen LogP contribution in [0.5, 0.6) is 0 Å². The third-order valence-electron chi connectivity index (χ3n) is 6.10. The maximum absolute atomic E-state index is 16.8. The molecule has 182 valence electrons. The third kappa shape index (κ3) is 3.86. The van der Waals surface area contributed by atoms with Crippen molar-refractivity contribution >= 4 is 23.5 Å². The zero-order chi connectivity index (χ0) is 25.3. The van der Waals surface area contributed by atoms with Gasteiger partial charge in [0, 0.05) is 5.02 Å². The lowest BCUT2D eigenvalue weighted by Gasteiger charge is -2.35. The van der Waals surface area contributed by atoms with E-state index in [-0.39, 0.29) is 16.1 Å². The predicted octanol–water partition coefficient (Wildman–Crippen LogP) is 5.14. The van der Waals surface area contributed by atoms with E-state index in [1.54, 1.807) is 36.4 Å². The molecule has 3 aromatic rings. The van der Waals surface area contributed by atoms with Crippen molar-refractivity contribution in [3.63, 3.8) is 0 Å². The van der Waals surface area contributed by atoms with Crippen LogP contribution in [0.15, 0.2) is 84.9 Å². The van der Waals surface area contributed by atoms with Crippen LogP contribution >= 0.6 is 11.6 Å². The van der Waals surface area contributed by atoms with E-state index in [9.17, 15) is 9.59 Å². The van der Waals surface area contributed by atoms with Crippen LogP contribution < -0.4 is 5.32 Å². The number of methoxy groups -OCH3 is 1. The lowest BCUT2D eigenvalue weighted by molar-refractivity contribution is -0.204. The van der Waals surface area contributed by atoms with Gasteiger partial charge in [-0.1, -0.05) is 84.4 Å². The number of alkyl halides is 3. The molecule has 0 bridgehead atoms. The number of rotatable bonds is 6. The first-order valence-corrected chi connectivity index (χ1v) is 11.0.